The third kappa shape index (κ3) is 7.81. The molecule has 2 aromatic heterocycles. The number of hydrogen-bond acceptors (Lipinski definition) is 8. The summed E-state index contributed by atoms with van der Waals surface area (Å²) in [5.74, 6) is 0. The Labute approximate surface area is 151 Å². The van der Waals surface area contributed by atoms with Gasteiger partial charge in [-0.3, -0.25) is 9.97 Å². The molecule has 2 aromatic rings. The average Bonchev–Trinajstić information content (AvgIpc) is 2.40. The van der Waals surface area contributed by atoms with Gasteiger partial charge in [0.05, 0.1) is 9.79 Å². The molecule has 21 heavy (non-hydrogen) atoms. The van der Waals surface area contributed by atoms with Gasteiger partial charge in [-0.2, -0.15) is 0 Å². The van der Waals surface area contributed by atoms with Crippen LogP contribution in [0.15, 0.2) is 58.8 Å². The van der Waals surface area contributed by atoms with Crippen LogP contribution in [0.5, 0.6) is 0 Å². The molecule has 2 heterocycles. The van der Waals surface area contributed by atoms with E-state index in [4.69, 9.17) is 0 Å². The fourth-order valence-corrected chi connectivity index (χ4v) is 1.86. The molecule has 2 rings (SSSR count). The number of pyridine rings is 2. The molecule has 0 amide bonds. The fourth-order valence-electron chi connectivity index (χ4n) is 0.990. The Morgan fingerprint density at radius 1 is 0.762 bits per heavy atom. The van der Waals surface area contributed by atoms with Crippen molar-refractivity contribution in [2.24, 2.45) is 0 Å². The second-order valence-electron chi connectivity index (χ2n) is 3.29. The molecule has 0 aromatic carbocycles. The van der Waals surface area contributed by atoms with E-state index in [9.17, 15) is 25.9 Å². The second-order valence-corrected chi connectivity index (χ2v) is 6.05. The van der Waals surface area contributed by atoms with Gasteiger partial charge >= 0.3 is 37.7 Å². The maximum atomic E-state index is 10.2. The number of rotatable bonds is 2. The van der Waals surface area contributed by atoms with Gasteiger partial charge in [0.15, 0.2) is 0 Å². The summed E-state index contributed by atoms with van der Waals surface area (Å²) in [6.45, 7) is 0. The van der Waals surface area contributed by atoms with Gasteiger partial charge in [0.1, 0.15) is 20.2 Å². The molecule has 0 unspecified atom stereocenters. The molecule has 0 aliphatic carbocycles. The van der Waals surface area contributed by atoms with Gasteiger partial charge in [-0.25, -0.2) is 16.8 Å². The predicted molar refractivity (Wildman–Crippen MR) is 70.2 cm³/mol. The molecule has 0 aliphatic rings. The van der Waals surface area contributed by atoms with Crippen LogP contribution >= 0.6 is 0 Å². The van der Waals surface area contributed by atoms with E-state index in [1.54, 1.807) is 0 Å². The van der Waals surface area contributed by atoms with E-state index in [2.05, 4.69) is 9.97 Å². The maximum Gasteiger partial charge on any atom is 2.00 e. The Morgan fingerprint density at radius 3 is 1.24 bits per heavy atom. The first-order valence-corrected chi connectivity index (χ1v) is 7.75. The van der Waals surface area contributed by atoms with Gasteiger partial charge in [-0.15, -0.1) is 0 Å². The van der Waals surface area contributed by atoms with E-state index < -0.39 is 20.2 Å². The van der Waals surface area contributed by atoms with E-state index in [-0.39, 0.29) is 47.5 Å². The average molecular weight is 356 g/mol. The summed E-state index contributed by atoms with van der Waals surface area (Å²) in [6, 6.07) is 5.19. The van der Waals surface area contributed by atoms with E-state index in [1.807, 2.05) is 0 Å². The van der Waals surface area contributed by atoms with Crippen molar-refractivity contribution in [2.75, 3.05) is 0 Å². The normalized spacial score (nSPS) is 10.8. The topological polar surface area (TPSA) is 140 Å². The van der Waals surface area contributed by atoms with Crippen LogP contribution in [-0.4, -0.2) is 73.6 Å². The smallest absolute Gasteiger partial charge is 0.744 e. The zero-order chi connectivity index (χ0) is 15.2. The van der Waals surface area contributed by atoms with Gasteiger partial charge in [0, 0.05) is 24.8 Å². The molecule has 108 valence electrons. The summed E-state index contributed by atoms with van der Waals surface area (Å²) in [5, 5.41) is 0. The van der Waals surface area contributed by atoms with Crippen LogP contribution in [0.1, 0.15) is 0 Å². The Bertz CT molecular complexity index is 683. The Morgan fingerprint density at radius 2 is 1.10 bits per heavy atom. The van der Waals surface area contributed by atoms with Gasteiger partial charge in [-0.05, 0) is 24.3 Å². The van der Waals surface area contributed by atoms with Crippen LogP contribution in [0, 0.1) is 0 Å². The molecule has 11 heteroatoms. The Balaban J connectivity index is 0.000000364. The van der Waals surface area contributed by atoms with Crippen LogP contribution in [0.3, 0.4) is 0 Å². The van der Waals surface area contributed by atoms with Crippen molar-refractivity contribution in [3.63, 3.8) is 0 Å². The quantitative estimate of drug-likeness (QED) is 0.522. The molecule has 8 nitrogen and oxygen atoms in total. The minimum absolute atomic E-state index is 0. The number of aromatic nitrogens is 2. The van der Waals surface area contributed by atoms with Gasteiger partial charge in [0.2, 0.25) is 0 Å². The number of hydrogen-bond donors (Lipinski definition) is 0. The molecule has 0 saturated heterocycles. The van der Waals surface area contributed by atoms with Crippen molar-refractivity contribution >= 4 is 58.0 Å². The van der Waals surface area contributed by atoms with Crippen LogP contribution in [0.2, 0.25) is 0 Å². The van der Waals surface area contributed by atoms with Crippen molar-refractivity contribution < 1.29 is 25.9 Å². The van der Waals surface area contributed by atoms with Gasteiger partial charge in [-0.1, -0.05) is 0 Å². The third-order valence-corrected chi connectivity index (χ3v) is 3.48. The van der Waals surface area contributed by atoms with Crippen LogP contribution < -0.4 is 0 Å². The van der Waals surface area contributed by atoms with E-state index in [0.717, 1.165) is 12.4 Å². The fraction of sp³-hybridized carbons (Fsp3) is 0. The summed E-state index contributed by atoms with van der Waals surface area (Å²) < 4.78 is 61.4. The summed E-state index contributed by atoms with van der Waals surface area (Å²) in [7, 11) is -8.63. The van der Waals surface area contributed by atoms with E-state index in [0.29, 0.717) is 0 Å². The van der Waals surface area contributed by atoms with Crippen molar-refractivity contribution in [2.45, 2.75) is 9.79 Å². The molecule has 0 fully saturated rings. The van der Waals surface area contributed by atoms with Gasteiger partial charge in [0.25, 0.3) is 0 Å². The number of nitrogens with zero attached hydrogens (tertiary/aromatic N) is 2. The van der Waals surface area contributed by atoms with Crippen LogP contribution in [0.25, 0.3) is 0 Å². The summed E-state index contributed by atoms with van der Waals surface area (Å²) in [4.78, 5) is 6.35. The monoisotopic (exact) mass is 356 g/mol. The minimum Gasteiger partial charge on any atom is -0.744 e. The Hall–Kier alpha value is -0.620. The third-order valence-electron chi connectivity index (χ3n) is 1.85. The van der Waals surface area contributed by atoms with Gasteiger partial charge < -0.3 is 9.11 Å². The maximum absolute atomic E-state index is 10.2. The van der Waals surface area contributed by atoms with E-state index in [1.165, 1.54) is 36.7 Å². The molecule has 0 N–H and O–H groups in total. The SMILES string of the molecule is O=S(=O)([O-])c1cccnc1.O=S(=O)([O-])c1cccnc1.[Ca+2]. The summed E-state index contributed by atoms with van der Waals surface area (Å²) >= 11 is 0. The first kappa shape index (κ1) is 20.4. The largest absolute Gasteiger partial charge is 2.00 e. The molecular formula is C10H8CaN2O6S2. The standard InChI is InChI=1S/2C5H5NO3S.Ca/c2*7-10(8,9)5-2-1-3-6-4-5;/h2*1-4H,(H,7,8,9);/q;;+2/p-2. The van der Waals surface area contributed by atoms with Crippen LogP contribution in [-0.2, 0) is 20.2 Å². The second kappa shape index (κ2) is 8.73. The summed E-state index contributed by atoms with van der Waals surface area (Å²) in [6.07, 6.45) is 4.83. The zero-order valence-electron chi connectivity index (χ0n) is 10.5. The molecule has 0 aliphatic heterocycles. The van der Waals surface area contributed by atoms with Crippen molar-refractivity contribution in [3.05, 3.63) is 49.1 Å². The predicted octanol–water partition coefficient (Wildman–Crippen LogP) is -0.409. The van der Waals surface area contributed by atoms with E-state index >= 15 is 0 Å². The van der Waals surface area contributed by atoms with Crippen LogP contribution in [0.4, 0.5) is 0 Å². The molecular weight excluding hydrogens is 348 g/mol. The van der Waals surface area contributed by atoms with Crippen molar-refractivity contribution in [1.82, 2.24) is 9.97 Å². The minimum atomic E-state index is -4.32. The first-order chi connectivity index (χ1) is 9.21. The molecule has 0 bridgehead atoms. The zero-order valence-corrected chi connectivity index (χ0v) is 14.3. The molecule has 0 atom stereocenters. The van der Waals surface area contributed by atoms with Crippen molar-refractivity contribution in [3.8, 4) is 0 Å². The molecule has 0 radical (unpaired) electrons. The molecule has 0 spiro atoms. The van der Waals surface area contributed by atoms with Crippen molar-refractivity contribution in [1.29, 1.82) is 0 Å². The molecule has 0 saturated carbocycles. The first-order valence-electron chi connectivity index (χ1n) is 4.93. The summed E-state index contributed by atoms with van der Waals surface area (Å²) in [5.41, 5.74) is 0. The Kier molecular flexibility index (Phi) is 8.48.